The van der Waals surface area contributed by atoms with Crippen molar-refractivity contribution in [2.45, 2.75) is 19.4 Å². The van der Waals surface area contributed by atoms with E-state index < -0.39 is 6.10 Å². The molecule has 1 unspecified atom stereocenters. The first-order valence-corrected chi connectivity index (χ1v) is 9.68. The number of ether oxygens (including phenoxy) is 1. The van der Waals surface area contributed by atoms with E-state index in [1.165, 1.54) is 0 Å². The fourth-order valence-electron chi connectivity index (χ4n) is 2.61. The van der Waals surface area contributed by atoms with Crippen molar-refractivity contribution in [3.8, 4) is 5.75 Å². The van der Waals surface area contributed by atoms with Crippen molar-refractivity contribution in [3.05, 3.63) is 75.7 Å². The van der Waals surface area contributed by atoms with Crippen LogP contribution in [0.2, 0.25) is 5.02 Å². The lowest BCUT2D eigenvalue weighted by Crippen LogP contribution is -2.35. The molecule has 0 saturated heterocycles. The Bertz CT molecular complexity index is 991. The molecule has 0 aliphatic carbocycles. The summed E-state index contributed by atoms with van der Waals surface area (Å²) in [6.07, 6.45) is 1.40. The van der Waals surface area contributed by atoms with Gasteiger partial charge in [0.05, 0.1) is 10.7 Å². The third kappa shape index (κ3) is 4.87. The number of carbonyl (C=O) groups excluding carboxylic acids is 1. The van der Waals surface area contributed by atoms with Gasteiger partial charge in [-0.3, -0.25) is 4.79 Å². The first-order chi connectivity index (χ1) is 13.1. The maximum atomic E-state index is 12.4. The molecule has 1 amide bonds. The first kappa shape index (κ1) is 19.4. The maximum Gasteiger partial charge on any atom is 0.281 e. The number of benzene rings is 3. The molecule has 3 rings (SSSR count). The Balaban J connectivity index is 1.69. The maximum absolute atomic E-state index is 12.4. The van der Waals surface area contributed by atoms with Gasteiger partial charge in [0.25, 0.3) is 5.91 Å². The summed E-state index contributed by atoms with van der Waals surface area (Å²) in [6, 6.07) is 19.0. The van der Waals surface area contributed by atoms with Crippen LogP contribution in [0.4, 0.5) is 0 Å². The van der Waals surface area contributed by atoms with E-state index >= 15 is 0 Å². The third-order valence-corrected chi connectivity index (χ3v) is 5.05. The molecule has 1 atom stereocenters. The van der Waals surface area contributed by atoms with Crippen molar-refractivity contribution in [3.63, 3.8) is 0 Å². The highest BCUT2D eigenvalue weighted by Gasteiger charge is 2.19. The lowest BCUT2D eigenvalue weighted by Gasteiger charge is -2.17. The quantitative estimate of drug-likeness (QED) is 0.399. The number of nitrogens with zero attached hydrogens (tertiary/aromatic N) is 1. The van der Waals surface area contributed by atoms with Crippen molar-refractivity contribution < 1.29 is 9.53 Å². The van der Waals surface area contributed by atoms with Crippen LogP contribution in [0.25, 0.3) is 10.8 Å². The van der Waals surface area contributed by atoms with Crippen molar-refractivity contribution in [1.29, 1.82) is 0 Å². The van der Waals surface area contributed by atoms with Gasteiger partial charge in [0, 0.05) is 5.02 Å². The Morgan fingerprint density at radius 3 is 2.81 bits per heavy atom. The molecule has 27 heavy (non-hydrogen) atoms. The molecule has 0 heterocycles. The van der Waals surface area contributed by atoms with E-state index in [1.54, 1.807) is 18.3 Å². The second-order valence-electron chi connectivity index (χ2n) is 5.90. The standard InChI is InChI=1S/C21H18BrClN2O2/c1-2-18(21(26)25-24-13-14-6-5-8-16(23)12-14)27-19-11-10-15-7-3-4-9-17(15)20(19)22/h3-13,18H,2H2,1H3,(H,25,26)/b24-13+. The molecule has 3 aromatic carbocycles. The molecule has 0 aliphatic rings. The lowest BCUT2D eigenvalue weighted by molar-refractivity contribution is -0.128. The SMILES string of the molecule is CCC(Oc1ccc2ccccc2c1Br)C(=O)N/N=C/c1cccc(Cl)c1. The van der Waals surface area contributed by atoms with E-state index in [9.17, 15) is 4.79 Å². The number of hydrogen-bond donors (Lipinski definition) is 1. The molecule has 0 aromatic heterocycles. The summed E-state index contributed by atoms with van der Waals surface area (Å²) in [4.78, 5) is 12.4. The van der Waals surface area contributed by atoms with Crippen LogP contribution in [0.5, 0.6) is 5.75 Å². The molecule has 4 nitrogen and oxygen atoms in total. The van der Waals surface area contributed by atoms with Crippen LogP contribution in [-0.4, -0.2) is 18.2 Å². The summed E-state index contributed by atoms with van der Waals surface area (Å²) in [5.41, 5.74) is 3.33. The molecule has 3 aromatic rings. The number of amides is 1. The Morgan fingerprint density at radius 2 is 2.04 bits per heavy atom. The number of rotatable bonds is 6. The monoisotopic (exact) mass is 444 g/mol. The van der Waals surface area contributed by atoms with Crippen molar-refractivity contribution in [1.82, 2.24) is 5.43 Å². The third-order valence-electron chi connectivity index (χ3n) is 4.00. The molecular formula is C21H18BrClN2O2. The number of nitrogens with one attached hydrogen (secondary N) is 1. The molecule has 6 heteroatoms. The van der Waals surface area contributed by atoms with Crippen LogP contribution in [0.1, 0.15) is 18.9 Å². The van der Waals surface area contributed by atoms with Crippen LogP contribution in [0, 0.1) is 0 Å². The molecule has 0 saturated carbocycles. The number of hydrazone groups is 1. The smallest absolute Gasteiger partial charge is 0.281 e. The topological polar surface area (TPSA) is 50.7 Å². The minimum absolute atomic E-state index is 0.309. The highest BCUT2D eigenvalue weighted by Crippen LogP contribution is 2.33. The van der Waals surface area contributed by atoms with Crippen LogP contribution >= 0.6 is 27.5 Å². The minimum Gasteiger partial charge on any atom is -0.479 e. The van der Waals surface area contributed by atoms with Gasteiger partial charge >= 0.3 is 0 Å². The van der Waals surface area contributed by atoms with Gasteiger partial charge in [0.2, 0.25) is 0 Å². The largest absolute Gasteiger partial charge is 0.479 e. The molecule has 0 radical (unpaired) electrons. The van der Waals surface area contributed by atoms with Gasteiger partial charge in [0.1, 0.15) is 5.75 Å². The predicted octanol–water partition coefficient (Wildman–Crippen LogP) is 5.56. The predicted molar refractivity (Wildman–Crippen MR) is 114 cm³/mol. The van der Waals surface area contributed by atoms with Crippen LogP contribution in [-0.2, 0) is 4.79 Å². The molecule has 0 aliphatic heterocycles. The fraction of sp³-hybridized carbons (Fsp3) is 0.143. The van der Waals surface area contributed by atoms with E-state index in [2.05, 4.69) is 26.5 Å². The fourth-order valence-corrected chi connectivity index (χ4v) is 3.39. The average Bonchev–Trinajstić information content (AvgIpc) is 2.68. The number of halogens is 2. The second-order valence-corrected chi connectivity index (χ2v) is 7.13. The zero-order chi connectivity index (χ0) is 19.2. The van der Waals surface area contributed by atoms with E-state index in [-0.39, 0.29) is 5.91 Å². The van der Waals surface area contributed by atoms with Gasteiger partial charge in [-0.2, -0.15) is 5.10 Å². The highest BCUT2D eigenvalue weighted by molar-refractivity contribution is 9.10. The zero-order valence-electron chi connectivity index (χ0n) is 14.7. The second kappa shape index (κ2) is 9.02. The summed E-state index contributed by atoms with van der Waals surface area (Å²) in [5, 5.41) is 6.73. The summed E-state index contributed by atoms with van der Waals surface area (Å²) in [5.74, 6) is 0.311. The van der Waals surface area contributed by atoms with Gasteiger partial charge in [-0.25, -0.2) is 5.43 Å². The van der Waals surface area contributed by atoms with Gasteiger partial charge in [-0.1, -0.05) is 61.0 Å². The molecule has 0 bridgehead atoms. The Labute approximate surface area is 171 Å². The van der Waals surface area contributed by atoms with Gasteiger partial charge in [-0.15, -0.1) is 0 Å². The normalized spacial score (nSPS) is 12.3. The van der Waals surface area contributed by atoms with E-state index in [1.807, 2.05) is 55.5 Å². The first-order valence-electron chi connectivity index (χ1n) is 8.51. The molecule has 1 N–H and O–H groups in total. The van der Waals surface area contributed by atoms with Crippen LogP contribution < -0.4 is 10.2 Å². The zero-order valence-corrected chi connectivity index (χ0v) is 17.0. The van der Waals surface area contributed by atoms with Crippen molar-refractivity contribution >= 4 is 50.4 Å². The van der Waals surface area contributed by atoms with E-state index in [0.717, 1.165) is 20.8 Å². The van der Waals surface area contributed by atoms with Crippen LogP contribution in [0.3, 0.4) is 0 Å². The number of fused-ring (bicyclic) bond motifs is 1. The molecule has 0 spiro atoms. The molecular weight excluding hydrogens is 428 g/mol. The summed E-state index contributed by atoms with van der Waals surface area (Å²) < 4.78 is 6.76. The van der Waals surface area contributed by atoms with E-state index in [0.29, 0.717) is 17.2 Å². The summed E-state index contributed by atoms with van der Waals surface area (Å²) in [6.45, 7) is 1.89. The minimum atomic E-state index is -0.654. The summed E-state index contributed by atoms with van der Waals surface area (Å²) >= 11 is 9.51. The van der Waals surface area contributed by atoms with Gasteiger partial charge in [-0.05, 0) is 56.9 Å². The van der Waals surface area contributed by atoms with E-state index in [4.69, 9.17) is 16.3 Å². The summed E-state index contributed by atoms with van der Waals surface area (Å²) in [7, 11) is 0. The molecule has 138 valence electrons. The average molecular weight is 446 g/mol. The van der Waals surface area contributed by atoms with Crippen molar-refractivity contribution in [2.24, 2.45) is 5.10 Å². The Hall–Kier alpha value is -2.37. The van der Waals surface area contributed by atoms with Crippen molar-refractivity contribution in [2.75, 3.05) is 0 Å². The Morgan fingerprint density at radius 1 is 1.22 bits per heavy atom. The Kier molecular flexibility index (Phi) is 6.48. The van der Waals surface area contributed by atoms with Crippen LogP contribution in [0.15, 0.2) is 70.2 Å². The highest BCUT2D eigenvalue weighted by atomic mass is 79.9. The van der Waals surface area contributed by atoms with Gasteiger partial charge in [0.15, 0.2) is 6.10 Å². The molecule has 0 fully saturated rings. The number of hydrogen-bond acceptors (Lipinski definition) is 3. The lowest BCUT2D eigenvalue weighted by atomic mass is 10.1. The van der Waals surface area contributed by atoms with Gasteiger partial charge < -0.3 is 4.74 Å². The number of carbonyl (C=O) groups is 1.